The molecule has 2 heterocycles. The summed E-state index contributed by atoms with van der Waals surface area (Å²) in [5.41, 5.74) is 1.42. The molecule has 0 atom stereocenters. The number of anilines is 2. The number of carbonyl (C=O) groups excluding carboxylic acids is 1. The number of ether oxygens (including phenoxy) is 1. The molecule has 25 heavy (non-hydrogen) atoms. The zero-order chi connectivity index (χ0) is 17.6. The summed E-state index contributed by atoms with van der Waals surface area (Å²) >= 11 is 0. The van der Waals surface area contributed by atoms with Gasteiger partial charge in [-0.05, 0) is 30.3 Å². The number of nitrogens with zero attached hydrogens (tertiary/aromatic N) is 3. The van der Waals surface area contributed by atoms with E-state index in [1.807, 2.05) is 0 Å². The fourth-order valence-electron chi connectivity index (χ4n) is 2.17. The Hall–Kier alpha value is -3.55. The SMILES string of the molecule is COc1ccc(F)cc1-c1cc(NC(=O)Nc2cccnc2)ncn1. The molecule has 3 rings (SSSR count). The molecule has 3 aromatic rings. The number of hydrogen-bond donors (Lipinski definition) is 2. The van der Waals surface area contributed by atoms with Crippen molar-refractivity contribution in [3.05, 3.63) is 60.9 Å². The Morgan fingerprint density at radius 2 is 2.04 bits per heavy atom. The number of benzene rings is 1. The first-order valence-electron chi connectivity index (χ1n) is 7.29. The third kappa shape index (κ3) is 4.05. The van der Waals surface area contributed by atoms with Crippen molar-refractivity contribution in [2.24, 2.45) is 0 Å². The monoisotopic (exact) mass is 339 g/mol. The minimum atomic E-state index is -0.483. The molecule has 0 radical (unpaired) electrons. The van der Waals surface area contributed by atoms with Crippen LogP contribution in [-0.4, -0.2) is 28.1 Å². The number of urea groups is 1. The van der Waals surface area contributed by atoms with Gasteiger partial charge in [-0.25, -0.2) is 19.2 Å². The van der Waals surface area contributed by atoms with Crippen LogP contribution >= 0.6 is 0 Å². The zero-order valence-electron chi connectivity index (χ0n) is 13.2. The van der Waals surface area contributed by atoms with E-state index < -0.39 is 11.8 Å². The van der Waals surface area contributed by atoms with E-state index in [1.54, 1.807) is 18.3 Å². The summed E-state index contributed by atoms with van der Waals surface area (Å²) in [6.45, 7) is 0. The minimum absolute atomic E-state index is 0.262. The molecule has 0 unspecified atom stereocenters. The van der Waals surface area contributed by atoms with Gasteiger partial charge in [-0.1, -0.05) is 0 Å². The molecular formula is C17H14FN5O2. The van der Waals surface area contributed by atoms with Crippen LogP contribution in [0, 0.1) is 5.82 Å². The lowest BCUT2D eigenvalue weighted by Gasteiger charge is -2.10. The van der Waals surface area contributed by atoms with Crippen LogP contribution in [0.2, 0.25) is 0 Å². The van der Waals surface area contributed by atoms with Gasteiger partial charge in [-0.2, -0.15) is 0 Å². The number of carbonyl (C=O) groups is 1. The molecule has 2 N–H and O–H groups in total. The van der Waals surface area contributed by atoms with Gasteiger partial charge in [0.1, 0.15) is 23.7 Å². The Morgan fingerprint density at radius 1 is 1.16 bits per heavy atom. The maximum atomic E-state index is 13.5. The van der Waals surface area contributed by atoms with E-state index in [0.29, 0.717) is 22.7 Å². The van der Waals surface area contributed by atoms with E-state index in [1.165, 1.54) is 43.9 Å². The highest BCUT2D eigenvalue weighted by atomic mass is 19.1. The molecule has 2 amide bonds. The number of rotatable bonds is 4. The lowest BCUT2D eigenvalue weighted by atomic mass is 10.1. The minimum Gasteiger partial charge on any atom is -0.496 e. The first-order chi connectivity index (χ1) is 12.2. The molecular weight excluding hydrogens is 325 g/mol. The quantitative estimate of drug-likeness (QED) is 0.761. The Labute approximate surface area is 142 Å². The summed E-state index contributed by atoms with van der Waals surface area (Å²) in [5.74, 6) is 0.307. The largest absolute Gasteiger partial charge is 0.496 e. The highest BCUT2D eigenvalue weighted by molar-refractivity contribution is 5.99. The number of pyridine rings is 1. The molecule has 7 nitrogen and oxygen atoms in total. The molecule has 0 fully saturated rings. The Kier molecular flexibility index (Phi) is 4.79. The van der Waals surface area contributed by atoms with Crippen LogP contribution in [-0.2, 0) is 0 Å². The van der Waals surface area contributed by atoms with Gasteiger partial charge in [0, 0.05) is 17.8 Å². The first-order valence-corrected chi connectivity index (χ1v) is 7.29. The van der Waals surface area contributed by atoms with Crippen molar-refractivity contribution in [2.45, 2.75) is 0 Å². The fourth-order valence-corrected chi connectivity index (χ4v) is 2.17. The van der Waals surface area contributed by atoms with Crippen molar-refractivity contribution in [3.8, 4) is 17.0 Å². The van der Waals surface area contributed by atoms with Gasteiger partial charge in [0.25, 0.3) is 0 Å². The Morgan fingerprint density at radius 3 is 2.80 bits per heavy atom. The van der Waals surface area contributed by atoms with Crippen molar-refractivity contribution in [3.63, 3.8) is 0 Å². The van der Waals surface area contributed by atoms with E-state index in [4.69, 9.17) is 4.74 Å². The Bertz CT molecular complexity index is 889. The summed E-state index contributed by atoms with van der Waals surface area (Å²) < 4.78 is 18.8. The second kappa shape index (κ2) is 7.35. The van der Waals surface area contributed by atoms with E-state index >= 15 is 0 Å². The van der Waals surface area contributed by atoms with Gasteiger partial charge in [0.2, 0.25) is 0 Å². The summed E-state index contributed by atoms with van der Waals surface area (Å²) in [6, 6.07) is 8.56. The maximum absolute atomic E-state index is 13.5. The second-order valence-electron chi connectivity index (χ2n) is 4.95. The predicted molar refractivity (Wildman–Crippen MR) is 90.9 cm³/mol. The molecule has 0 saturated heterocycles. The van der Waals surface area contributed by atoms with E-state index in [0.717, 1.165) is 0 Å². The number of aromatic nitrogens is 3. The molecule has 0 saturated carbocycles. The van der Waals surface area contributed by atoms with Crippen LogP contribution in [0.15, 0.2) is 55.1 Å². The van der Waals surface area contributed by atoms with Crippen molar-refractivity contribution < 1.29 is 13.9 Å². The Balaban J connectivity index is 1.80. The highest BCUT2D eigenvalue weighted by Gasteiger charge is 2.11. The number of halogens is 1. The normalized spacial score (nSPS) is 10.2. The van der Waals surface area contributed by atoms with Gasteiger partial charge in [0.05, 0.1) is 24.7 Å². The fraction of sp³-hybridized carbons (Fsp3) is 0.0588. The highest BCUT2D eigenvalue weighted by Crippen LogP contribution is 2.29. The molecule has 0 aliphatic heterocycles. The first kappa shape index (κ1) is 16.3. The number of nitrogens with one attached hydrogen (secondary N) is 2. The molecule has 0 spiro atoms. The van der Waals surface area contributed by atoms with Crippen molar-refractivity contribution >= 4 is 17.5 Å². The lowest BCUT2D eigenvalue weighted by molar-refractivity contribution is 0.262. The average molecular weight is 339 g/mol. The predicted octanol–water partition coefficient (Wildman–Crippen LogP) is 3.33. The van der Waals surface area contributed by atoms with Gasteiger partial charge in [0.15, 0.2) is 0 Å². The van der Waals surface area contributed by atoms with Crippen LogP contribution < -0.4 is 15.4 Å². The third-order valence-corrected chi connectivity index (χ3v) is 3.27. The number of amides is 2. The van der Waals surface area contributed by atoms with E-state index in [9.17, 15) is 9.18 Å². The molecule has 8 heteroatoms. The summed E-state index contributed by atoms with van der Waals surface area (Å²) in [5, 5.41) is 5.21. The topological polar surface area (TPSA) is 89.0 Å². The van der Waals surface area contributed by atoms with Gasteiger partial charge < -0.3 is 10.1 Å². The zero-order valence-corrected chi connectivity index (χ0v) is 13.2. The molecule has 0 aliphatic rings. The van der Waals surface area contributed by atoms with Crippen LogP contribution in [0.1, 0.15) is 0 Å². The summed E-state index contributed by atoms with van der Waals surface area (Å²) in [7, 11) is 1.48. The van der Waals surface area contributed by atoms with Crippen LogP contribution in [0.5, 0.6) is 5.75 Å². The lowest BCUT2D eigenvalue weighted by Crippen LogP contribution is -2.20. The van der Waals surface area contributed by atoms with Crippen LogP contribution in [0.4, 0.5) is 20.7 Å². The molecule has 1 aromatic carbocycles. The van der Waals surface area contributed by atoms with Crippen molar-refractivity contribution in [1.29, 1.82) is 0 Å². The second-order valence-corrected chi connectivity index (χ2v) is 4.95. The van der Waals surface area contributed by atoms with E-state index in [2.05, 4.69) is 25.6 Å². The van der Waals surface area contributed by atoms with Gasteiger partial charge in [-0.15, -0.1) is 0 Å². The van der Waals surface area contributed by atoms with Crippen LogP contribution in [0.3, 0.4) is 0 Å². The average Bonchev–Trinajstić information content (AvgIpc) is 2.62. The smallest absolute Gasteiger partial charge is 0.324 e. The standard InChI is InChI=1S/C17H14FN5O2/c1-25-15-5-4-11(18)7-13(15)14-8-16(21-10-20-14)23-17(24)22-12-3-2-6-19-9-12/h2-10H,1H3,(H2,20,21,22,23,24). The molecule has 0 aliphatic carbocycles. The third-order valence-electron chi connectivity index (χ3n) is 3.27. The number of methoxy groups -OCH3 is 1. The number of hydrogen-bond acceptors (Lipinski definition) is 5. The maximum Gasteiger partial charge on any atom is 0.324 e. The van der Waals surface area contributed by atoms with Gasteiger partial charge in [-0.3, -0.25) is 10.3 Å². The summed E-state index contributed by atoms with van der Waals surface area (Å²) in [6.07, 6.45) is 4.40. The van der Waals surface area contributed by atoms with E-state index in [-0.39, 0.29) is 5.82 Å². The summed E-state index contributed by atoms with van der Waals surface area (Å²) in [4.78, 5) is 24.0. The van der Waals surface area contributed by atoms with Crippen molar-refractivity contribution in [2.75, 3.05) is 17.7 Å². The van der Waals surface area contributed by atoms with Crippen LogP contribution in [0.25, 0.3) is 11.3 Å². The van der Waals surface area contributed by atoms with Gasteiger partial charge >= 0.3 is 6.03 Å². The molecule has 2 aromatic heterocycles. The molecule has 0 bridgehead atoms. The van der Waals surface area contributed by atoms with Crippen molar-refractivity contribution in [1.82, 2.24) is 15.0 Å². The molecule has 126 valence electrons.